The number of hydrogen-bond acceptors (Lipinski definition) is 1. The van der Waals surface area contributed by atoms with Crippen LogP contribution in [0.5, 0.6) is 0 Å². The molecule has 1 heterocycles. The van der Waals surface area contributed by atoms with Crippen LogP contribution in [0.3, 0.4) is 0 Å². The fourth-order valence-corrected chi connectivity index (χ4v) is 1.10. The number of hydrogen-bond donors (Lipinski definition) is 0. The van der Waals surface area contributed by atoms with Crippen LogP contribution in [0.4, 0.5) is 0 Å². The van der Waals surface area contributed by atoms with Crippen molar-refractivity contribution in [1.29, 1.82) is 0 Å². The lowest BCUT2D eigenvalue weighted by molar-refractivity contribution is 0.780. The average molecular weight is 205 g/mol. The number of rotatable bonds is 2. The summed E-state index contributed by atoms with van der Waals surface area (Å²) in [5.41, 5.74) is 3.51. The fraction of sp³-hybridized carbons (Fsp3) is 0.375. The van der Waals surface area contributed by atoms with Crippen LogP contribution < -0.4 is 0 Å². The quantitative estimate of drug-likeness (QED) is 0.725. The molecule has 0 aromatic carbocycles. The first-order valence-corrected chi connectivity index (χ1v) is 4.39. The molecule has 1 aromatic heterocycles. The van der Waals surface area contributed by atoms with E-state index in [2.05, 4.69) is 4.98 Å². The van der Waals surface area contributed by atoms with E-state index in [-0.39, 0.29) is 0 Å². The first-order chi connectivity index (χ1) is 5.65. The van der Waals surface area contributed by atoms with E-state index >= 15 is 0 Å². The van der Waals surface area contributed by atoms with Gasteiger partial charge < -0.3 is 4.57 Å². The molecular formula is C8H10Cl2N2. The van der Waals surface area contributed by atoms with E-state index < -0.39 is 0 Å². The van der Waals surface area contributed by atoms with Crippen molar-refractivity contribution in [1.82, 2.24) is 9.55 Å². The second-order valence-electron chi connectivity index (χ2n) is 2.60. The maximum atomic E-state index is 5.76. The molecule has 12 heavy (non-hydrogen) atoms. The van der Waals surface area contributed by atoms with Gasteiger partial charge in [0.25, 0.3) is 0 Å². The molecule has 0 atom stereocenters. The summed E-state index contributed by atoms with van der Waals surface area (Å²) in [5.74, 6) is 0. The summed E-state index contributed by atoms with van der Waals surface area (Å²) in [6, 6.07) is 0. The Hall–Kier alpha value is -0.470. The van der Waals surface area contributed by atoms with Crippen molar-refractivity contribution in [3.05, 3.63) is 28.3 Å². The van der Waals surface area contributed by atoms with Crippen LogP contribution in [0, 0.1) is 13.8 Å². The number of aromatic nitrogens is 2. The Bertz CT molecular complexity index is 302. The fourth-order valence-electron chi connectivity index (χ4n) is 0.901. The van der Waals surface area contributed by atoms with E-state index in [9.17, 15) is 0 Å². The highest BCUT2D eigenvalue weighted by atomic mass is 35.5. The molecule has 1 rings (SSSR count). The molecule has 0 N–H and O–H groups in total. The third-order valence-electron chi connectivity index (χ3n) is 1.78. The Morgan fingerprint density at radius 3 is 2.75 bits per heavy atom. The van der Waals surface area contributed by atoms with Gasteiger partial charge in [0, 0.05) is 16.3 Å². The van der Waals surface area contributed by atoms with Crippen LogP contribution in [0.15, 0.2) is 16.9 Å². The van der Waals surface area contributed by atoms with Crippen molar-refractivity contribution in [3.8, 4) is 0 Å². The predicted octanol–water partition coefficient (Wildman–Crippen LogP) is 2.82. The van der Waals surface area contributed by atoms with E-state index in [0.717, 1.165) is 11.4 Å². The zero-order chi connectivity index (χ0) is 9.14. The molecule has 0 bridgehead atoms. The monoisotopic (exact) mass is 204 g/mol. The van der Waals surface area contributed by atoms with Gasteiger partial charge in [-0.2, -0.15) is 0 Å². The van der Waals surface area contributed by atoms with Crippen LogP contribution >= 0.6 is 23.2 Å². The average Bonchev–Trinajstić information content (AvgIpc) is 2.36. The number of halogens is 2. The number of nitrogens with zero attached hydrogens (tertiary/aromatic N) is 2. The van der Waals surface area contributed by atoms with Gasteiger partial charge in [-0.05, 0) is 13.8 Å². The first kappa shape index (κ1) is 9.62. The summed E-state index contributed by atoms with van der Waals surface area (Å²) in [4.78, 5) is 4.14. The lowest BCUT2D eigenvalue weighted by Crippen LogP contribution is -1.98. The molecule has 2 nitrogen and oxygen atoms in total. The summed E-state index contributed by atoms with van der Waals surface area (Å²) in [6.45, 7) is 4.56. The van der Waals surface area contributed by atoms with Crippen molar-refractivity contribution in [2.75, 3.05) is 0 Å². The molecule has 0 unspecified atom stereocenters. The highest BCUT2D eigenvalue weighted by molar-refractivity contribution is 6.36. The van der Waals surface area contributed by atoms with Gasteiger partial charge in [-0.15, -0.1) is 0 Å². The predicted molar refractivity (Wildman–Crippen MR) is 51.5 cm³/mol. The molecule has 66 valence electrons. The molecule has 0 aliphatic heterocycles. The second kappa shape index (κ2) is 3.97. The smallest absolute Gasteiger partial charge is 0.0954 e. The topological polar surface area (TPSA) is 17.8 Å². The summed E-state index contributed by atoms with van der Waals surface area (Å²) >= 11 is 11.2. The van der Waals surface area contributed by atoms with E-state index in [1.165, 1.54) is 5.54 Å². The standard InChI is InChI=1S/C8H10Cl2N2/c1-6-7(2)12(5-11-6)4-8(10)3-9/h3,5H,4H2,1-2H3. The number of aryl methyl sites for hydroxylation is 1. The van der Waals surface area contributed by atoms with E-state index in [4.69, 9.17) is 23.2 Å². The maximum Gasteiger partial charge on any atom is 0.0954 e. The SMILES string of the molecule is Cc1ncn(CC(Cl)=CCl)c1C. The van der Waals surface area contributed by atoms with Crippen molar-refractivity contribution < 1.29 is 0 Å². The summed E-state index contributed by atoms with van der Waals surface area (Å²) < 4.78 is 1.95. The Balaban J connectivity index is 2.83. The normalized spacial score (nSPS) is 12.2. The minimum Gasteiger partial charge on any atom is -0.329 e. The lowest BCUT2D eigenvalue weighted by atomic mass is 10.4. The molecule has 0 amide bonds. The third-order valence-corrected chi connectivity index (χ3v) is 2.39. The Labute approximate surface area is 81.8 Å². The Morgan fingerprint density at radius 2 is 2.33 bits per heavy atom. The molecule has 0 aliphatic rings. The largest absolute Gasteiger partial charge is 0.329 e. The van der Waals surface area contributed by atoms with Gasteiger partial charge in [0.2, 0.25) is 0 Å². The Morgan fingerprint density at radius 1 is 1.67 bits per heavy atom. The van der Waals surface area contributed by atoms with Gasteiger partial charge in [0.1, 0.15) is 0 Å². The highest BCUT2D eigenvalue weighted by Gasteiger charge is 2.02. The molecule has 0 aliphatic carbocycles. The Kier molecular flexibility index (Phi) is 3.18. The van der Waals surface area contributed by atoms with E-state index in [1.807, 2.05) is 18.4 Å². The second-order valence-corrected chi connectivity index (χ2v) is 3.30. The van der Waals surface area contributed by atoms with Gasteiger partial charge >= 0.3 is 0 Å². The minimum atomic E-state index is 0.595. The van der Waals surface area contributed by atoms with Crippen LogP contribution in [-0.4, -0.2) is 9.55 Å². The number of allylic oxidation sites excluding steroid dienone is 1. The van der Waals surface area contributed by atoms with Crippen molar-refractivity contribution >= 4 is 23.2 Å². The van der Waals surface area contributed by atoms with E-state index in [1.54, 1.807) is 6.33 Å². The zero-order valence-electron chi connectivity index (χ0n) is 7.01. The van der Waals surface area contributed by atoms with Crippen molar-refractivity contribution in [2.24, 2.45) is 0 Å². The van der Waals surface area contributed by atoms with E-state index in [0.29, 0.717) is 11.6 Å². The molecule has 0 saturated heterocycles. The van der Waals surface area contributed by atoms with Crippen molar-refractivity contribution in [2.45, 2.75) is 20.4 Å². The molecule has 1 aromatic rings. The molecule has 4 heteroatoms. The summed E-state index contributed by atoms with van der Waals surface area (Å²) in [5, 5.41) is 0.608. The van der Waals surface area contributed by atoms with Gasteiger partial charge in [0.05, 0.1) is 18.6 Å². The lowest BCUT2D eigenvalue weighted by Gasteiger charge is -2.02. The molecule has 0 saturated carbocycles. The third kappa shape index (κ3) is 2.02. The molecule has 0 spiro atoms. The van der Waals surface area contributed by atoms with Crippen LogP contribution in [-0.2, 0) is 6.54 Å². The zero-order valence-corrected chi connectivity index (χ0v) is 8.52. The van der Waals surface area contributed by atoms with Gasteiger partial charge in [-0.25, -0.2) is 4.98 Å². The molecule has 0 fully saturated rings. The van der Waals surface area contributed by atoms with Gasteiger partial charge in [-0.1, -0.05) is 23.2 Å². The molecular weight excluding hydrogens is 195 g/mol. The summed E-state index contributed by atoms with van der Waals surface area (Å²) in [6.07, 6.45) is 1.76. The first-order valence-electron chi connectivity index (χ1n) is 3.58. The van der Waals surface area contributed by atoms with Crippen LogP contribution in [0.2, 0.25) is 0 Å². The minimum absolute atomic E-state index is 0.595. The molecule has 0 radical (unpaired) electrons. The van der Waals surface area contributed by atoms with Gasteiger partial charge in [-0.3, -0.25) is 0 Å². The van der Waals surface area contributed by atoms with Crippen LogP contribution in [0.1, 0.15) is 11.4 Å². The summed E-state index contributed by atoms with van der Waals surface area (Å²) in [7, 11) is 0. The number of imidazole rings is 1. The van der Waals surface area contributed by atoms with Crippen molar-refractivity contribution in [3.63, 3.8) is 0 Å². The highest BCUT2D eigenvalue weighted by Crippen LogP contribution is 2.11. The maximum absolute atomic E-state index is 5.76. The van der Waals surface area contributed by atoms with Gasteiger partial charge in [0.15, 0.2) is 0 Å². The van der Waals surface area contributed by atoms with Crippen LogP contribution in [0.25, 0.3) is 0 Å².